The number of nitrogens with zero attached hydrogens (tertiary/aromatic N) is 4. The number of ketones is 2. The molecule has 2 N–H and O–H groups in total. The third-order valence-corrected chi connectivity index (χ3v) is 13.4. The zero-order chi connectivity index (χ0) is 59.4. The number of hydrogen-bond donors (Lipinski definition) is 2. The molecule has 0 saturated heterocycles. The molecular weight excluding hydrogens is 1800 g/mol. The van der Waals surface area contributed by atoms with Crippen molar-refractivity contribution in [2.75, 3.05) is 0 Å². The predicted octanol–water partition coefficient (Wildman–Crippen LogP) is 18.3. The van der Waals surface area contributed by atoms with E-state index in [0.29, 0.717) is 0 Å². The predicted molar refractivity (Wildman–Crippen MR) is 343 cm³/mol. The number of allylic oxidation sites excluding steroid dienone is 4. The Morgan fingerprint density at radius 3 is 1.52 bits per heavy atom. The van der Waals surface area contributed by atoms with E-state index in [9.17, 15) is 9.59 Å². The number of carbonyl (C=O) groups is 2. The second-order valence-corrected chi connectivity index (χ2v) is 20.3. The fraction of sp³-hybridized carbons (Fsp3) is 0.105. The first-order valence-corrected chi connectivity index (χ1v) is 27.5. The fourth-order valence-electron chi connectivity index (χ4n) is 9.55. The average Bonchev–Trinajstić information content (AvgIpc) is 2.86. The minimum absolute atomic E-state index is 0. The quantitative estimate of drug-likeness (QED) is 0.0958. The van der Waals surface area contributed by atoms with Gasteiger partial charge in [-0.2, -0.15) is 0 Å². The van der Waals surface area contributed by atoms with E-state index in [2.05, 4.69) is 168 Å². The molecule has 88 heavy (non-hydrogen) atoms. The maximum Gasteiger partial charge on any atom is 0.155 e. The van der Waals surface area contributed by atoms with Crippen LogP contribution in [0, 0.1) is 31.2 Å². The number of aromatic nitrogens is 4. The van der Waals surface area contributed by atoms with E-state index in [4.69, 9.17) is 10.2 Å². The Morgan fingerprint density at radius 1 is 0.432 bits per heavy atom. The van der Waals surface area contributed by atoms with Gasteiger partial charge < -0.3 is 20.2 Å². The molecule has 4 aromatic heterocycles. The molecule has 0 saturated carbocycles. The van der Waals surface area contributed by atoms with Crippen LogP contribution in [0.1, 0.15) is 58.2 Å². The molecule has 0 spiro atoms. The summed E-state index contributed by atoms with van der Waals surface area (Å²) in [5.74, 6) is -0.125. The smallest absolute Gasteiger partial charge is 0.155 e. The van der Waals surface area contributed by atoms with Crippen LogP contribution < -0.4 is 0 Å². The van der Waals surface area contributed by atoms with Crippen LogP contribution in [-0.4, -0.2) is 41.7 Å². The van der Waals surface area contributed by atoms with E-state index in [0.717, 1.165) is 56.1 Å². The van der Waals surface area contributed by atoms with Crippen molar-refractivity contribution in [3.63, 3.8) is 0 Å². The molecular formula is C76H64Ir4N4O4-4. The van der Waals surface area contributed by atoms with Gasteiger partial charge in [-0.15, -0.1) is 137 Å². The molecule has 0 aliphatic heterocycles. The number of aliphatic hydroxyl groups is 2. The first-order chi connectivity index (χ1) is 40.7. The minimum Gasteiger partial charge on any atom is -0.512 e. The molecule has 4 heterocycles. The Hall–Kier alpha value is -7.84. The van der Waals surface area contributed by atoms with Crippen LogP contribution in [0.25, 0.3) is 88.7 Å². The van der Waals surface area contributed by atoms with Gasteiger partial charge in [-0.05, 0) is 114 Å². The number of para-hydroxylation sites is 1. The van der Waals surface area contributed by atoms with Crippen molar-refractivity contribution >= 4 is 44.1 Å². The zero-order valence-electron chi connectivity index (χ0n) is 49.5. The number of aryl methyl sites for hydroxylation is 1. The monoisotopic (exact) mass is 1870 g/mol. The molecule has 0 bridgehead atoms. The SMILES string of the molecule is CC(=O)C=C(C)O.CC(=O)C=C(C)O.CC1(C)c2ccccc2-c2c[c-]c(-c3nccc4ccccc34)cc21.Cc1cccc2nc(-c3[c-]cccc3)ccc12.[Ir].[Ir].[Ir].[Ir].[c-]1ccccc1-c1ccc2ccccc2n1.[c-]1ccccc1-c1ccccn1. The van der Waals surface area contributed by atoms with Gasteiger partial charge in [-0.1, -0.05) is 140 Å². The van der Waals surface area contributed by atoms with Crippen molar-refractivity contribution in [1.29, 1.82) is 0 Å². The summed E-state index contributed by atoms with van der Waals surface area (Å²) in [6.45, 7) is 12.4. The summed E-state index contributed by atoms with van der Waals surface area (Å²) in [5, 5.41) is 21.5. The summed E-state index contributed by atoms with van der Waals surface area (Å²) < 4.78 is 0. The minimum atomic E-state index is -0.125. The summed E-state index contributed by atoms with van der Waals surface area (Å²) in [6, 6.07) is 88.8. The van der Waals surface area contributed by atoms with E-state index >= 15 is 0 Å². The van der Waals surface area contributed by atoms with Crippen LogP contribution >= 0.6 is 0 Å². The van der Waals surface area contributed by atoms with Gasteiger partial charge in [0.2, 0.25) is 0 Å². The molecule has 12 heteroatoms. The molecule has 0 amide bonds. The molecule has 12 aromatic rings. The Bertz CT molecular complexity index is 4160. The Morgan fingerprint density at radius 2 is 0.955 bits per heavy atom. The van der Waals surface area contributed by atoms with Crippen molar-refractivity contribution in [3.8, 4) is 56.2 Å². The molecule has 1 aliphatic rings. The topological polar surface area (TPSA) is 126 Å². The van der Waals surface area contributed by atoms with Gasteiger partial charge in [-0.3, -0.25) is 19.6 Å². The normalized spacial score (nSPS) is 11.2. The standard InChI is InChI=1S/C24H18N.C16H12N.C15H10N.C11H8N.2C5H8O2.4Ir/c1-24(2)21-10-6-5-9-19(21)20-12-11-17(15-22(20)24)23-18-8-4-3-7-16(18)13-14-25-23;1-12-6-5-9-16-14(12)10-11-15(17-16)13-7-3-2-4-8-13;1-2-6-12(7-3-1)15-11-10-13-8-4-5-9-14(13)16-15;1-2-6-10(7-3-1)11-8-4-5-9-12-11;2*1-4(6)3-5(2)7;;;;/h3-10,12-15H,1-2H3;2-7,9-11H,1H3;1-6,8-11H;1-6,8-9H;2*3,6H,1-2H3;;;;/q4*-1;;;;;;. The number of benzene rings is 8. The maximum atomic E-state index is 10.0. The summed E-state index contributed by atoms with van der Waals surface area (Å²) in [7, 11) is 0. The van der Waals surface area contributed by atoms with E-state index in [1.807, 2.05) is 128 Å². The summed E-state index contributed by atoms with van der Waals surface area (Å²) in [4.78, 5) is 38.2. The van der Waals surface area contributed by atoms with Crippen molar-refractivity contribution < 1.29 is 100 Å². The largest absolute Gasteiger partial charge is 0.512 e. The zero-order valence-corrected chi connectivity index (χ0v) is 59.1. The molecule has 8 aromatic carbocycles. The number of pyridine rings is 4. The third-order valence-electron chi connectivity index (χ3n) is 13.4. The molecule has 452 valence electrons. The molecule has 0 unspecified atom stereocenters. The van der Waals surface area contributed by atoms with E-state index in [1.54, 1.807) is 6.20 Å². The van der Waals surface area contributed by atoms with Crippen LogP contribution in [0.4, 0.5) is 0 Å². The third kappa shape index (κ3) is 20.1. The number of rotatable bonds is 6. The number of aliphatic hydroxyl groups excluding tert-OH is 2. The van der Waals surface area contributed by atoms with E-state index < -0.39 is 0 Å². The second-order valence-electron chi connectivity index (χ2n) is 20.3. The Balaban J connectivity index is 0.000000236. The van der Waals surface area contributed by atoms with Crippen LogP contribution in [0.15, 0.2) is 261 Å². The first-order valence-electron chi connectivity index (χ1n) is 27.5. The van der Waals surface area contributed by atoms with Gasteiger partial charge in [-0.25, -0.2) is 0 Å². The van der Waals surface area contributed by atoms with Crippen LogP contribution in [0.3, 0.4) is 0 Å². The van der Waals surface area contributed by atoms with Crippen molar-refractivity contribution in [1.82, 2.24) is 19.9 Å². The fourth-order valence-corrected chi connectivity index (χ4v) is 9.55. The van der Waals surface area contributed by atoms with Gasteiger partial charge in [0, 0.05) is 110 Å². The van der Waals surface area contributed by atoms with Crippen molar-refractivity contribution in [3.05, 3.63) is 301 Å². The number of hydrogen-bond acceptors (Lipinski definition) is 8. The van der Waals surface area contributed by atoms with E-state index in [1.165, 1.54) is 89.2 Å². The molecule has 8 nitrogen and oxygen atoms in total. The van der Waals surface area contributed by atoms with Gasteiger partial charge in [0.25, 0.3) is 0 Å². The van der Waals surface area contributed by atoms with Crippen molar-refractivity contribution in [2.24, 2.45) is 0 Å². The molecule has 0 fully saturated rings. The van der Waals surface area contributed by atoms with Crippen LogP contribution in [-0.2, 0) is 95.4 Å². The van der Waals surface area contributed by atoms with Crippen LogP contribution in [0.2, 0.25) is 0 Å². The van der Waals surface area contributed by atoms with Crippen LogP contribution in [0.5, 0.6) is 0 Å². The number of carbonyl (C=O) groups excluding carboxylic acids is 2. The van der Waals surface area contributed by atoms with Crippen molar-refractivity contribution in [2.45, 2.75) is 53.9 Å². The summed E-state index contributed by atoms with van der Waals surface area (Å²) >= 11 is 0. The molecule has 13 rings (SSSR count). The molecule has 4 radical (unpaired) electrons. The maximum absolute atomic E-state index is 10.0. The first kappa shape index (κ1) is 72.6. The second kappa shape index (κ2) is 35.8. The van der Waals surface area contributed by atoms with Gasteiger partial charge in [0.15, 0.2) is 11.6 Å². The summed E-state index contributed by atoms with van der Waals surface area (Å²) in [6.07, 6.45) is 6.01. The molecule has 0 atom stereocenters. The number of fused-ring (bicyclic) bond motifs is 6. The summed E-state index contributed by atoms with van der Waals surface area (Å²) in [5.41, 5.74) is 16.8. The molecule has 1 aliphatic carbocycles. The van der Waals surface area contributed by atoms with Gasteiger partial charge >= 0.3 is 0 Å². The Labute approximate surface area is 570 Å². The van der Waals surface area contributed by atoms with Gasteiger partial charge in [0.05, 0.1) is 22.6 Å². The Kier molecular flexibility index (Phi) is 29.6. The van der Waals surface area contributed by atoms with Gasteiger partial charge in [0.1, 0.15) is 0 Å². The average molecular weight is 1870 g/mol. The van der Waals surface area contributed by atoms with E-state index in [-0.39, 0.29) is 109 Å².